The fourth-order valence-electron chi connectivity index (χ4n) is 2.18. The first-order chi connectivity index (χ1) is 7.93. The van der Waals surface area contributed by atoms with E-state index in [0.717, 1.165) is 24.0 Å². The summed E-state index contributed by atoms with van der Waals surface area (Å²) in [6.45, 7) is 0. The number of carbonyl (C=O) groups is 1. The van der Waals surface area contributed by atoms with E-state index in [1.807, 2.05) is 0 Å². The molecule has 0 aromatic heterocycles. The largest absolute Gasteiger partial charge is 0.416 e. The molecule has 0 bridgehead atoms. The van der Waals surface area contributed by atoms with Gasteiger partial charge in [0.05, 0.1) is 5.56 Å². The smallest absolute Gasteiger partial charge is 0.371 e. The summed E-state index contributed by atoms with van der Waals surface area (Å²) in [6.07, 6.45) is -2.55. The monoisotopic (exact) mass is 243 g/mol. The Morgan fingerprint density at radius 3 is 2.76 bits per heavy atom. The fourth-order valence-corrected chi connectivity index (χ4v) is 2.18. The number of aldehydes is 1. The Bertz CT molecular complexity index is 442. The number of carbonyl (C=O) groups excluding carboxylic acids is 1. The van der Waals surface area contributed by atoms with E-state index in [4.69, 9.17) is 0 Å². The second kappa shape index (κ2) is 4.05. The molecule has 17 heavy (non-hydrogen) atoms. The van der Waals surface area contributed by atoms with E-state index in [-0.39, 0.29) is 6.04 Å². The summed E-state index contributed by atoms with van der Waals surface area (Å²) in [5.41, 5.74) is 0.800. The molecule has 2 nitrogen and oxygen atoms in total. The Labute approximate surface area is 97.0 Å². The third kappa shape index (κ3) is 2.14. The number of halogens is 3. The summed E-state index contributed by atoms with van der Waals surface area (Å²) in [5.74, 6) is 0. The lowest BCUT2D eigenvalue weighted by molar-refractivity contribution is -0.137. The minimum Gasteiger partial charge on any atom is -0.371 e. The molecule has 0 saturated carbocycles. The maximum Gasteiger partial charge on any atom is 0.416 e. The van der Waals surface area contributed by atoms with Gasteiger partial charge in [-0.05, 0) is 24.1 Å². The first kappa shape index (κ1) is 12.0. The molecule has 1 heterocycles. The van der Waals surface area contributed by atoms with Crippen molar-refractivity contribution in [2.45, 2.75) is 25.1 Å². The quantitative estimate of drug-likeness (QED) is 0.744. The lowest BCUT2D eigenvalue weighted by Crippen LogP contribution is -2.27. The van der Waals surface area contributed by atoms with Crippen LogP contribution in [-0.4, -0.2) is 19.4 Å². The highest BCUT2D eigenvalue weighted by atomic mass is 19.4. The molecular weight excluding hydrogens is 231 g/mol. The molecule has 1 aliphatic rings. The summed E-state index contributed by atoms with van der Waals surface area (Å²) in [6, 6.07) is 3.72. The number of hydrogen-bond acceptors (Lipinski definition) is 2. The molecule has 92 valence electrons. The molecule has 0 amide bonds. The average Bonchev–Trinajstić information content (AvgIpc) is 2.55. The molecule has 0 N–H and O–H groups in total. The van der Waals surface area contributed by atoms with Crippen molar-refractivity contribution >= 4 is 12.0 Å². The van der Waals surface area contributed by atoms with Crippen LogP contribution in [0.3, 0.4) is 0 Å². The average molecular weight is 243 g/mol. The topological polar surface area (TPSA) is 20.3 Å². The van der Waals surface area contributed by atoms with Crippen LogP contribution in [0.25, 0.3) is 0 Å². The molecule has 0 aliphatic carbocycles. The van der Waals surface area contributed by atoms with Crippen LogP contribution in [0.2, 0.25) is 0 Å². The zero-order valence-electron chi connectivity index (χ0n) is 9.29. The Morgan fingerprint density at radius 1 is 1.47 bits per heavy atom. The zero-order chi connectivity index (χ0) is 12.6. The summed E-state index contributed by atoms with van der Waals surface area (Å²) in [5, 5.41) is 0. The fraction of sp³-hybridized carbons (Fsp3) is 0.417. The first-order valence-corrected chi connectivity index (χ1v) is 5.30. The molecule has 1 atom stereocenters. The van der Waals surface area contributed by atoms with Crippen molar-refractivity contribution in [1.29, 1.82) is 0 Å². The molecule has 2 rings (SSSR count). The number of alkyl halides is 3. The lowest BCUT2D eigenvalue weighted by atomic mass is 10.1. The van der Waals surface area contributed by atoms with Gasteiger partial charge in [-0.25, -0.2) is 0 Å². The van der Waals surface area contributed by atoms with Gasteiger partial charge in [-0.15, -0.1) is 0 Å². The standard InChI is InChI=1S/C12H12F3NO/c1-16-10(4-5-17)6-8-2-3-9(7-11(8)16)12(13,14)15/h2-3,5,7,10H,4,6H2,1H3. The molecule has 1 aromatic rings. The highest BCUT2D eigenvalue weighted by Crippen LogP contribution is 2.37. The predicted octanol–water partition coefficient (Wildman–Crippen LogP) is 2.66. The van der Waals surface area contributed by atoms with Crippen molar-refractivity contribution in [3.8, 4) is 0 Å². The number of nitrogens with zero attached hydrogens (tertiary/aromatic N) is 1. The molecule has 5 heteroatoms. The molecule has 0 fully saturated rings. The van der Waals surface area contributed by atoms with Crippen molar-refractivity contribution in [1.82, 2.24) is 0 Å². The van der Waals surface area contributed by atoms with Crippen LogP contribution in [0.5, 0.6) is 0 Å². The van der Waals surface area contributed by atoms with Crippen LogP contribution in [-0.2, 0) is 17.4 Å². The highest BCUT2D eigenvalue weighted by Gasteiger charge is 2.33. The van der Waals surface area contributed by atoms with Gasteiger partial charge in [0.1, 0.15) is 6.29 Å². The maximum atomic E-state index is 12.6. The molecule has 1 aliphatic heterocycles. The second-order valence-corrected chi connectivity index (χ2v) is 4.21. The van der Waals surface area contributed by atoms with E-state index >= 15 is 0 Å². The van der Waals surface area contributed by atoms with Gasteiger partial charge in [-0.1, -0.05) is 6.07 Å². The van der Waals surface area contributed by atoms with E-state index < -0.39 is 11.7 Å². The van der Waals surface area contributed by atoms with Gasteiger partial charge in [0.2, 0.25) is 0 Å². The summed E-state index contributed by atoms with van der Waals surface area (Å²) < 4.78 is 37.7. The number of likely N-dealkylation sites (N-methyl/N-ethyl adjacent to an activating group) is 1. The molecular formula is C12H12F3NO. The summed E-state index contributed by atoms with van der Waals surface area (Å²) in [4.78, 5) is 12.2. The second-order valence-electron chi connectivity index (χ2n) is 4.21. The van der Waals surface area contributed by atoms with Crippen molar-refractivity contribution in [2.75, 3.05) is 11.9 Å². The molecule has 1 aromatic carbocycles. The predicted molar refractivity (Wildman–Crippen MR) is 58.0 cm³/mol. The van der Waals surface area contributed by atoms with Gasteiger partial charge < -0.3 is 9.69 Å². The van der Waals surface area contributed by atoms with E-state index in [0.29, 0.717) is 18.5 Å². The lowest BCUT2D eigenvalue weighted by Gasteiger charge is -2.21. The minimum absolute atomic E-state index is 0.0222. The van der Waals surface area contributed by atoms with Crippen LogP contribution in [0.1, 0.15) is 17.5 Å². The van der Waals surface area contributed by atoms with Gasteiger partial charge in [0.15, 0.2) is 0 Å². The Kier molecular flexibility index (Phi) is 2.85. The Balaban J connectivity index is 2.34. The number of rotatable bonds is 2. The van der Waals surface area contributed by atoms with Crippen LogP contribution in [0.4, 0.5) is 18.9 Å². The van der Waals surface area contributed by atoms with Crippen molar-refractivity contribution in [3.63, 3.8) is 0 Å². The third-order valence-corrected chi connectivity index (χ3v) is 3.16. The normalized spacial score (nSPS) is 19.3. The van der Waals surface area contributed by atoms with Crippen LogP contribution in [0.15, 0.2) is 18.2 Å². The highest BCUT2D eigenvalue weighted by molar-refractivity contribution is 5.63. The number of fused-ring (bicyclic) bond motifs is 1. The van der Waals surface area contributed by atoms with Gasteiger partial charge >= 0.3 is 6.18 Å². The van der Waals surface area contributed by atoms with E-state index in [1.54, 1.807) is 11.9 Å². The zero-order valence-corrected chi connectivity index (χ0v) is 9.29. The minimum atomic E-state index is -4.32. The molecule has 1 unspecified atom stereocenters. The van der Waals surface area contributed by atoms with E-state index in [9.17, 15) is 18.0 Å². The van der Waals surface area contributed by atoms with Crippen molar-refractivity contribution < 1.29 is 18.0 Å². The van der Waals surface area contributed by atoms with E-state index in [1.165, 1.54) is 6.07 Å². The third-order valence-electron chi connectivity index (χ3n) is 3.16. The first-order valence-electron chi connectivity index (χ1n) is 5.30. The number of anilines is 1. The van der Waals surface area contributed by atoms with Crippen LogP contribution in [0, 0.1) is 0 Å². The van der Waals surface area contributed by atoms with Crippen LogP contribution >= 0.6 is 0 Å². The molecule has 0 spiro atoms. The maximum absolute atomic E-state index is 12.6. The van der Waals surface area contributed by atoms with E-state index in [2.05, 4.69) is 0 Å². The van der Waals surface area contributed by atoms with Crippen LogP contribution < -0.4 is 4.90 Å². The SMILES string of the molecule is CN1c2cc(C(F)(F)F)ccc2CC1CC=O. The molecule has 0 radical (unpaired) electrons. The summed E-state index contributed by atoms with van der Waals surface area (Å²) >= 11 is 0. The van der Waals surface area contributed by atoms with Gasteiger partial charge in [0, 0.05) is 25.2 Å². The van der Waals surface area contributed by atoms with Crippen molar-refractivity contribution in [2.24, 2.45) is 0 Å². The van der Waals surface area contributed by atoms with Crippen molar-refractivity contribution in [3.05, 3.63) is 29.3 Å². The Morgan fingerprint density at radius 2 is 2.18 bits per heavy atom. The van der Waals surface area contributed by atoms with Gasteiger partial charge in [-0.3, -0.25) is 0 Å². The Hall–Kier alpha value is -1.52. The summed E-state index contributed by atoms with van der Waals surface area (Å²) in [7, 11) is 1.72. The van der Waals surface area contributed by atoms with Gasteiger partial charge in [-0.2, -0.15) is 13.2 Å². The number of hydrogen-bond donors (Lipinski definition) is 0. The molecule has 0 saturated heterocycles. The van der Waals surface area contributed by atoms with Gasteiger partial charge in [0.25, 0.3) is 0 Å². The number of benzene rings is 1.